The summed E-state index contributed by atoms with van der Waals surface area (Å²) in [5.74, 6) is 0.178. The van der Waals surface area contributed by atoms with E-state index in [9.17, 15) is 12.8 Å². The van der Waals surface area contributed by atoms with Crippen molar-refractivity contribution in [2.75, 3.05) is 32.7 Å². The fourth-order valence-corrected chi connectivity index (χ4v) is 5.06. The third kappa shape index (κ3) is 4.11. The van der Waals surface area contributed by atoms with Gasteiger partial charge in [0.1, 0.15) is 5.82 Å². The summed E-state index contributed by atoms with van der Waals surface area (Å²) >= 11 is 0. The molecule has 0 unspecified atom stereocenters. The first-order chi connectivity index (χ1) is 11.1. The summed E-state index contributed by atoms with van der Waals surface area (Å²) in [6.07, 6.45) is 5.74. The largest absolute Gasteiger partial charge is 0.303 e. The van der Waals surface area contributed by atoms with Gasteiger partial charge in [-0.2, -0.15) is 4.31 Å². The SMILES string of the molecule is O=S(=O)(c1ccc(F)cc1)N1CCC(CN2CCCCC2)CC1. The summed E-state index contributed by atoms with van der Waals surface area (Å²) < 4.78 is 39.7. The van der Waals surface area contributed by atoms with Crippen molar-refractivity contribution in [3.63, 3.8) is 0 Å². The molecule has 2 heterocycles. The van der Waals surface area contributed by atoms with Gasteiger partial charge in [0.25, 0.3) is 0 Å². The number of piperidine rings is 2. The van der Waals surface area contributed by atoms with E-state index in [-0.39, 0.29) is 4.90 Å². The minimum absolute atomic E-state index is 0.188. The van der Waals surface area contributed by atoms with Gasteiger partial charge < -0.3 is 4.90 Å². The molecule has 0 spiro atoms. The first kappa shape index (κ1) is 16.9. The second-order valence-corrected chi connectivity index (χ2v) is 8.60. The van der Waals surface area contributed by atoms with Crippen molar-refractivity contribution in [2.24, 2.45) is 5.92 Å². The van der Waals surface area contributed by atoms with E-state index in [1.165, 1.54) is 56.6 Å². The Labute approximate surface area is 138 Å². The molecule has 0 atom stereocenters. The fraction of sp³-hybridized carbons (Fsp3) is 0.647. The van der Waals surface area contributed by atoms with Crippen molar-refractivity contribution >= 4 is 10.0 Å². The molecule has 2 saturated heterocycles. The van der Waals surface area contributed by atoms with Crippen molar-refractivity contribution in [1.82, 2.24) is 9.21 Å². The number of hydrogen-bond donors (Lipinski definition) is 0. The smallest absolute Gasteiger partial charge is 0.243 e. The monoisotopic (exact) mass is 340 g/mol. The third-order valence-corrected chi connectivity index (χ3v) is 6.90. The molecule has 0 N–H and O–H groups in total. The quantitative estimate of drug-likeness (QED) is 0.846. The molecule has 2 fully saturated rings. The molecular formula is C17H25FN2O2S. The van der Waals surface area contributed by atoms with Crippen molar-refractivity contribution in [2.45, 2.75) is 37.0 Å². The van der Waals surface area contributed by atoms with Gasteiger partial charge in [-0.1, -0.05) is 6.42 Å². The highest BCUT2D eigenvalue weighted by molar-refractivity contribution is 7.89. The Morgan fingerprint density at radius 2 is 1.57 bits per heavy atom. The zero-order valence-electron chi connectivity index (χ0n) is 13.5. The van der Waals surface area contributed by atoms with E-state index in [1.54, 1.807) is 4.31 Å². The van der Waals surface area contributed by atoms with Crippen molar-refractivity contribution in [1.29, 1.82) is 0 Å². The number of halogens is 1. The van der Waals surface area contributed by atoms with E-state index in [4.69, 9.17) is 0 Å². The summed E-state index contributed by atoms with van der Waals surface area (Å²) in [4.78, 5) is 2.71. The average molecular weight is 340 g/mol. The van der Waals surface area contributed by atoms with Gasteiger partial charge in [-0.25, -0.2) is 12.8 Å². The van der Waals surface area contributed by atoms with Crippen LogP contribution in [-0.4, -0.2) is 50.3 Å². The number of rotatable bonds is 4. The van der Waals surface area contributed by atoms with Crippen LogP contribution in [-0.2, 0) is 10.0 Å². The maximum Gasteiger partial charge on any atom is 0.243 e. The molecule has 2 aliphatic rings. The highest BCUT2D eigenvalue weighted by Gasteiger charge is 2.30. The normalized spacial score (nSPS) is 22.3. The van der Waals surface area contributed by atoms with E-state index in [1.807, 2.05) is 0 Å². The lowest BCUT2D eigenvalue weighted by Gasteiger charge is -2.35. The average Bonchev–Trinajstić information content (AvgIpc) is 2.57. The van der Waals surface area contributed by atoms with Crippen LogP contribution in [0.2, 0.25) is 0 Å². The van der Waals surface area contributed by atoms with Crippen LogP contribution >= 0.6 is 0 Å². The third-order valence-electron chi connectivity index (χ3n) is 4.99. The Kier molecular flexibility index (Phi) is 5.34. The second-order valence-electron chi connectivity index (χ2n) is 6.66. The van der Waals surface area contributed by atoms with Gasteiger partial charge in [0.2, 0.25) is 10.0 Å². The molecule has 128 valence electrons. The topological polar surface area (TPSA) is 40.6 Å². The van der Waals surface area contributed by atoms with E-state index >= 15 is 0 Å². The number of likely N-dealkylation sites (tertiary alicyclic amines) is 1. The Morgan fingerprint density at radius 3 is 2.17 bits per heavy atom. The molecule has 1 aromatic carbocycles. The predicted octanol–water partition coefficient (Wildman–Crippen LogP) is 2.71. The zero-order chi connectivity index (χ0) is 16.3. The summed E-state index contributed by atoms with van der Waals surface area (Å²) in [5.41, 5.74) is 0. The number of hydrogen-bond acceptors (Lipinski definition) is 3. The van der Waals surface area contributed by atoms with Crippen LogP contribution in [0.5, 0.6) is 0 Å². The highest BCUT2D eigenvalue weighted by Crippen LogP contribution is 2.25. The molecule has 1 aromatic rings. The molecule has 0 amide bonds. The number of sulfonamides is 1. The van der Waals surface area contributed by atoms with Gasteiger partial charge in [-0.05, 0) is 69.0 Å². The molecule has 3 rings (SSSR count). The molecule has 2 aliphatic heterocycles. The van der Waals surface area contributed by atoms with Crippen LogP contribution in [0.3, 0.4) is 0 Å². The Morgan fingerprint density at radius 1 is 0.957 bits per heavy atom. The Hall–Kier alpha value is -0.980. The minimum atomic E-state index is -3.48. The molecule has 0 radical (unpaired) electrons. The predicted molar refractivity (Wildman–Crippen MR) is 88.2 cm³/mol. The summed E-state index contributed by atoms with van der Waals surface area (Å²) in [6.45, 7) is 4.61. The van der Waals surface area contributed by atoms with Crippen LogP contribution in [0.4, 0.5) is 4.39 Å². The summed E-state index contributed by atoms with van der Waals surface area (Å²) in [6, 6.07) is 5.11. The molecule has 6 heteroatoms. The van der Waals surface area contributed by atoms with Gasteiger partial charge in [0.05, 0.1) is 4.90 Å². The van der Waals surface area contributed by atoms with Crippen molar-refractivity contribution in [3.8, 4) is 0 Å². The van der Waals surface area contributed by atoms with Crippen LogP contribution < -0.4 is 0 Å². The van der Waals surface area contributed by atoms with Crippen molar-refractivity contribution < 1.29 is 12.8 Å². The van der Waals surface area contributed by atoms with Gasteiger partial charge in [0, 0.05) is 19.6 Å². The van der Waals surface area contributed by atoms with Crippen LogP contribution in [0.25, 0.3) is 0 Å². The van der Waals surface area contributed by atoms with Gasteiger partial charge in [0.15, 0.2) is 0 Å². The minimum Gasteiger partial charge on any atom is -0.303 e. The zero-order valence-corrected chi connectivity index (χ0v) is 14.3. The van der Waals surface area contributed by atoms with E-state index in [2.05, 4.69) is 4.90 Å². The molecule has 0 aliphatic carbocycles. The van der Waals surface area contributed by atoms with Gasteiger partial charge in [-0.3, -0.25) is 0 Å². The van der Waals surface area contributed by atoms with Crippen LogP contribution in [0.1, 0.15) is 32.1 Å². The second kappa shape index (κ2) is 7.28. The van der Waals surface area contributed by atoms with Crippen LogP contribution in [0.15, 0.2) is 29.2 Å². The molecule has 23 heavy (non-hydrogen) atoms. The molecule has 0 bridgehead atoms. The highest BCUT2D eigenvalue weighted by atomic mass is 32.2. The summed E-state index contributed by atoms with van der Waals surface area (Å²) in [7, 11) is -3.48. The van der Waals surface area contributed by atoms with Crippen LogP contribution in [0, 0.1) is 11.7 Å². The number of nitrogens with zero attached hydrogens (tertiary/aromatic N) is 2. The fourth-order valence-electron chi connectivity index (χ4n) is 3.59. The van der Waals surface area contributed by atoms with Crippen molar-refractivity contribution in [3.05, 3.63) is 30.1 Å². The lowest BCUT2D eigenvalue weighted by Crippen LogP contribution is -2.42. The molecule has 0 aromatic heterocycles. The maximum absolute atomic E-state index is 13.0. The maximum atomic E-state index is 13.0. The first-order valence-corrected chi connectivity index (χ1v) is 9.98. The lowest BCUT2D eigenvalue weighted by atomic mass is 9.96. The first-order valence-electron chi connectivity index (χ1n) is 8.54. The molecule has 0 saturated carbocycles. The lowest BCUT2D eigenvalue weighted by molar-refractivity contribution is 0.161. The summed E-state index contributed by atoms with van der Waals surface area (Å²) in [5, 5.41) is 0. The molecular weight excluding hydrogens is 315 g/mol. The Balaban J connectivity index is 1.56. The van der Waals surface area contributed by atoms with Gasteiger partial charge in [-0.15, -0.1) is 0 Å². The standard InChI is InChI=1S/C17H25FN2O2S/c18-16-4-6-17(7-5-16)23(21,22)20-12-8-15(9-13-20)14-19-10-2-1-3-11-19/h4-7,15H,1-3,8-14H2. The van der Waals surface area contributed by atoms with E-state index in [0.717, 1.165) is 19.4 Å². The molecule has 4 nitrogen and oxygen atoms in total. The van der Waals surface area contributed by atoms with E-state index in [0.29, 0.717) is 19.0 Å². The van der Waals surface area contributed by atoms with Gasteiger partial charge >= 0.3 is 0 Å². The van der Waals surface area contributed by atoms with E-state index < -0.39 is 15.8 Å². The Bertz CT molecular complexity index is 604. The number of benzene rings is 1.